The van der Waals surface area contributed by atoms with Gasteiger partial charge in [0.05, 0.1) is 12.8 Å². The second-order valence-electron chi connectivity index (χ2n) is 3.29. The molecule has 0 aliphatic heterocycles. The van der Waals surface area contributed by atoms with Gasteiger partial charge in [0.15, 0.2) is 0 Å². The molecule has 1 aromatic rings. The second kappa shape index (κ2) is 6.41. The van der Waals surface area contributed by atoms with Crippen molar-refractivity contribution in [3.05, 3.63) is 30.3 Å². The highest BCUT2D eigenvalue weighted by Crippen LogP contribution is 2.45. The predicted molar refractivity (Wildman–Crippen MR) is 67.0 cm³/mol. The minimum absolute atomic E-state index is 0.0442. The maximum absolute atomic E-state index is 12.4. The van der Waals surface area contributed by atoms with E-state index in [4.69, 9.17) is 9.26 Å². The van der Waals surface area contributed by atoms with Gasteiger partial charge in [-0.05, 0) is 25.1 Å². The summed E-state index contributed by atoms with van der Waals surface area (Å²) in [5.74, 6) is 2.25. The van der Waals surface area contributed by atoms with Crippen molar-refractivity contribution in [1.29, 1.82) is 0 Å². The molecule has 1 atom stereocenters. The van der Waals surface area contributed by atoms with E-state index in [1.54, 1.807) is 30.2 Å². The van der Waals surface area contributed by atoms with E-state index < -0.39 is 7.37 Å². The van der Waals surface area contributed by atoms with Crippen molar-refractivity contribution in [3.63, 3.8) is 0 Å². The number of hydrogen-bond acceptors (Lipinski definition) is 4. The third kappa shape index (κ3) is 3.57. The second-order valence-corrected chi connectivity index (χ2v) is 5.88. The van der Waals surface area contributed by atoms with Gasteiger partial charge in [0.25, 0.3) is 0 Å². The van der Waals surface area contributed by atoms with Crippen LogP contribution in [0.4, 0.5) is 0 Å². The van der Waals surface area contributed by atoms with Gasteiger partial charge in [-0.2, -0.15) is 0 Å². The summed E-state index contributed by atoms with van der Waals surface area (Å²) < 4.78 is 22.8. The standard InChI is InChI=1S/C12H15O4P/c1-3-16-11-6-4-7-12(10-11)17(14,15-2)9-5-8-13/h4-7,10H,3,9H2,1-2H3. The Morgan fingerprint density at radius 1 is 1.47 bits per heavy atom. The molecule has 1 rings (SSSR count). The lowest BCUT2D eigenvalue weighted by molar-refractivity contribution is 0.340. The molecule has 0 heterocycles. The molecular weight excluding hydrogens is 239 g/mol. The topological polar surface area (TPSA) is 52.6 Å². The fraction of sp³-hybridized carbons (Fsp3) is 0.333. The molecular formula is C12H15O4P. The first-order valence-corrected chi connectivity index (χ1v) is 7.05. The van der Waals surface area contributed by atoms with Crippen LogP contribution in [0, 0.1) is 0 Å². The van der Waals surface area contributed by atoms with Crippen LogP contribution in [0.3, 0.4) is 0 Å². The first kappa shape index (κ1) is 13.7. The monoisotopic (exact) mass is 254 g/mol. The van der Waals surface area contributed by atoms with E-state index in [2.05, 4.69) is 0 Å². The molecule has 0 saturated carbocycles. The lowest BCUT2D eigenvalue weighted by Crippen LogP contribution is -2.09. The van der Waals surface area contributed by atoms with Crippen LogP contribution in [-0.4, -0.2) is 25.8 Å². The van der Waals surface area contributed by atoms with Crippen LogP contribution in [0.1, 0.15) is 6.92 Å². The fourth-order valence-electron chi connectivity index (χ4n) is 1.39. The third-order valence-electron chi connectivity index (χ3n) is 2.23. The summed E-state index contributed by atoms with van der Waals surface area (Å²) >= 11 is 0. The van der Waals surface area contributed by atoms with Crippen molar-refractivity contribution in [2.24, 2.45) is 0 Å². The largest absolute Gasteiger partial charge is 0.494 e. The summed E-state index contributed by atoms with van der Waals surface area (Å²) in [6.45, 7) is 2.41. The zero-order chi connectivity index (χ0) is 12.7. The van der Waals surface area contributed by atoms with Crippen molar-refractivity contribution in [3.8, 4) is 5.75 Å². The lowest BCUT2D eigenvalue weighted by Gasteiger charge is -2.15. The van der Waals surface area contributed by atoms with E-state index in [0.717, 1.165) is 0 Å². The van der Waals surface area contributed by atoms with Crippen LogP contribution in [0.15, 0.2) is 30.3 Å². The highest BCUT2D eigenvalue weighted by atomic mass is 31.2. The van der Waals surface area contributed by atoms with Gasteiger partial charge in [0.1, 0.15) is 11.7 Å². The van der Waals surface area contributed by atoms with E-state index in [-0.39, 0.29) is 6.16 Å². The highest BCUT2D eigenvalue weighted by Gasteiger charge is 2.23. The number of ether oxygens (including phenoxy) is 1. The van der Waals surface area contributed by atoms with E-state index >= 15 is 0 Å². The lowest BCUT2D eigenvalue weighted by atomic mass is 10.3. The van der Waals surface area contributed by atoms with Crippen LogP contribution >= 0.6 is 7.37 Å². The van der Waals surface area contributed by atoms with Gasteiger partial charge in [0.2, 0.25) is 7.37 Å². The molecule has 92 valence electrons. The Hall–Kier alpha value is -1.34. The Balaban J connectivity index is 3.06. The molecule has 0 spiro atoms. The summed E-state index contributed by atoms with van der Waals surface area (Å²) in [4.78, 5) is 10.2. The Morgan fingerprint density at radius 3 is 2.82 bits per heavy atom. The maximum atomic E-state index is 12.4. The molecule has 0 aliphatic carbocycles. The minimum atomic E-state index is -3.02. The Kier molecular flexibility index (Phi) is 5.17. The van der Waals surface area contributed by atoms with E-state index in [0.29, 0.717) is 17.7 Å². The zero-order valence-electron chi connectivity index (χ0n) is 9.88. The molecule has 0 fully saturated rings. The number of benzene rings is 1. The van der Waals surface area contributed by atoms with Crippen LogP contribution in [-0.2, 0) is 13.9 Å². The summed E-state index contributed by atoms with van der Waals surface area (Å²) in [5, 5.41) is 0.539. The van der Waals surface area contributed by atoms with Crippen LogP contribution < -0.4 is 10.0 Å². The molecule has 0 bridgehead atoms. The Morgan fingerprint density at radius 2 is 2.24 bits per heavy atom. The first-order valence-electron chi connectivity index (χ1n) is 5.24. The van der Waals surface area contributed by atoms with Crippen LogP contribution in [0.5, 0.6) is 5.75 Å². The van der Waals surface area contributed by atoms with Gasteiger partial charge < -0.3 is 9.26 Å². The summed E-state index contributed by atoms with van der Waals surface area (Å²) in [7, 11) is -1.65. The number of hydrogen-bond donors (Lipinski definition) is 0. The number of rotatable bonds is 6. The highest BCUT2D eigenvalue weighted by molar-refractivity contribution is 7.67. The van der Waals surface area contributed by atoms with Gasteiger partial charge >= 0.3 is 0 Å². The fourth-order valence-corrected chi connectivity index (χ4v) is 2.92. The van der Waals surface area contributed by atoms with Crippen molar-refractivity contribution >= 4 is 18.6 Å². The van der Waals surface area contributed by atoms with Crippen LogP contribution in [0.2, 0.25) is 0 Å². The molecule has 0 aliphatic rings. The summed E-state index contributed by atoms with van der Waals surface area (Å²) in [6.07, 6.45) is 1.22. The first-order chi connectivity index (χ1) is 8.16. The van der Waals surface area contributed by atoms with Crippen molar-refractivity contribution in [1.82, 2.24) is 0 Å². The molecule has 0 saturated heterocycles. The van der Waals surface area contributed by atoms with Crippen molar-refractivity contribution in [2.45, 2.75) is 6.92 Å². The SMILES string of the molecule is CCOc1cccc(P(=O)(CC=C=O)OC)c1. The van der Waals surface area contributed by atoms with Gasteiger partial charge in [-0.25, -0.2) is 4.79 Å². The molecule has 4 nitrogen and oxygen atoms in total. The molecule has 0 N–H and O–H groups in total. The maximum Gasteiger partial charge on any atom is 0.236 e. The molecule has 1 aromatic carbocycles. The zero-order valence-corrected chi connectivity index (χ0v) is 10.8. The van der Waals surface area contributed by atoms with Gasteiger partial charge in [-0.15, -0.1) is 0 Å². The van der Waals surface area contributed by atoms with E-state index in [9.17, 15) is 9.36 Å². The van der Waals surface area contributed by atoms with E-state index in [1.165, 1.54) is 13.2 Å². The molecule has 5 heteroatoms. The smallest absolute Gasteiger partial charge is 0.236 e. The number of allylic oxidation sites excluding steroid dienone is 1. The summed E-state index contributed by atoms with van der Waals surface area (Å²) in [5.41, 5.74) is 0. The average Bonchev–Trinajstić information content (AvgIpc) is 2.37. The molecule has 17 heavy (non-hydrogen) atoms. The van der Waals surface area contributed by atoms with Crippen LogP contribution in [0.25, 0.3) is 0 Å². The molecule has 1 unspecified atom stereocenters. The van der Waals surface area contributed by atoms with Gasteiger partial charge in [-0.3, -0.25) is 4.57 Å². The molecule has 0 aromatic heterocycles. The number of carbonyl (C=O) groups excluding carboxylic acids is 1. The van der Waals surface area contributed by atoms with E-state index in [1.807, 2.05) is 6.92 Å². The van der Waals surface area contributed by atoms with Crippen molar-refractivity contribution in [2.75, 3.05) is 19.9 Å². The minimum Gasteiger partial charge on any atom is -0.494 e. The van der Waals surface area contributed by atoms with Gasteiger partial charge in [0, 0.05) is 18.5 Å². The predicted octanol–water partition coefficient (Wildman–Crippen LogP) is 2.02. The average molecular weight is 254 g/mol. The Bertz CT molecular complexity index is 463. The van der Waals surface area contributed by atoms with Crippen molar-refractivity contribution < 1.29 is 18.6 Å². The summed E-state index contributed by atoms with van der Waals surface area (Å²) in [6, 6.07) is 6.90. The third-order valence-corrected chi connectivity index (χ3v) is 4.55. The quantitative estimate of drug-likeness (QED) is 0.575. The molecule has 0 radical (unpaired) electrons. The Labute approximate surface area is 101 Å². The normalized spacial score (nSPS) is 13.5. The van der Waals surface area contributed by atoms with Gasteiger partial charge in [-0.1, -0.05) is 6.07 Å². The molecule has 0 amide bonds.